The number of aromatic amines is 1. The highest BCUT2D eigenvalue weighted by Gasteiger charge is 2.04. The summed E-state index contributed by atoms with van der Waals surface area (Å²) in [5.41, 5.74) is 1.75. The molecule has 0 saturated heterocycles. The van der Waals surface area contributed by atoms with Gasteiger partial charge in [0.1, 0.15) is 0 Å². The standard InChI is InChI=1S/C14H14Cl2N2OS/c1-2-3-10-7-13(19)18-14(17-10)20-8-9-4-5-11(15)12(16)6-9/h4-7H,2-3,8H2,1H3,(H,17,18,19). The molecule has 0 aliphatic carbocycles. The molecule has 0 radical (unpaired) electrons. The Labute approximate surface area is 131 Å². The monoisotopic (exact) mass is 328 g/mol. The summed E-state index contributed by atoms with van der Waals surface area (Å²) in [4.78, 5) is 18.7. The van der Waals surface area contributed by atoms with Crippen LogP contribution >= 0.6 is 35.0 Å². The summed E-state index contributed by atoms with van der Waals surface area (Å²) in [6.45, 7) is 2.06. The van der Waals surface area contributed by atoms with Gasteiger partial charge in [0.25, 0.3) is 5.56 Å². The first kappa shape index (κ1) is 15.4. The Morgan fingerprint density at radius 3 is 2.75 bits per heavy atom. The number of thioether (sulfide) groups is 1. The van der Waals surface area contributed by atoms with E-state index < -0.39 is 0 Å². The number of H-pyrrole nitrogens is 1. The number of halogens is 2. The summed E-state index contributed by atoms with van der Waals surface area (Å²) in [5.74, 6) is 0.676. The van der Waals surface area contributed by atoms with Crippen molar-refractivity contribution in [3.05, 3.63) is 55.9 Å². The van der Waals surface area contributed by atoms with Gasteiger partial charge in [-0.15, -0.1) is 0 Å². The summed E-state index contributed by atoms with van der Waals surface area (Å²) in [6, 6.07) is 7.05. The summed E-state index contributed by atoms with van der Waals surface area (Å²) >= 11 is 13.3. The highest BCUT2D eigenvalue weighted by molar-refractivity contribution is 7.98. The molecule has 106 valence electrons. The third-order valence-electron chi connectivity index (χ3n) is 2.64. The van der Waals surface area contributed by atoms with Crippen LogP contribution in [0, 0.1) is 0 Å². The molecule has 2 rings (SSSR count). The van der Waals surface area contributed by atoms with Gasteiger partial charge in [-0.05, 0) is 24.1 Å². The molecular formula is C14H14Cl2N2OS. The number of benzene rings is 1. The largest absolute Gasteiger partial charge is 0.301 e. The topological polar surface area (TPSA) is 45.8 Å². The molecule has 6 heteroatoms. The van der Waals surface area contributed by atoms with E-state index in [4.69, 9.17) is 23.2 Å². The smallest absolute Gasteiger partial charge is 0.251 e. The van der Waals surface area contributed by atoms with E-state index in [2.05, 4.69) is 16.9 Å². The van der Waals surface area contributed by atoms with Crippen LogP contribution in [0.1, 0.15) is 24.6 Å². The Bertz CT molecular complexity index is 658. The molecular weight excluding hydrogens is 315 g/mol. The first-order chi connectivity index (χ1) is 9.58. The molecule has 1 N–H and O–H groups in total. The van der Waals surface area contributed by atoms with E-state index in [-0.39, 0.29) is 5.56 Å². The Morgan fingerprint density at radius 1 is 1.25 bits per heavy atom. The van der Waals surface area contributed by atoms with Crippen molar-refractivity contribution in [2.45, 2.75) is 30.7 Å². The molecule has 0 aliphatic rings. The average Bonchev–Trinajstić information content (AvgIpc) is 2.40. The van der Waals surface area contributed by atoms with Gasteiger partial charge in [-0.3, -0.25) is 4.79 Å². The lowest BCUT2D eigenvalue weighted by atomic mass is 10.2. The van der Waals surface area contributed by atoms with E-state index in [0.29, 0.717) is 21.0 Å². The Kier molecular flexibility index (Phi) is 5.52. The summed E-state index contributed by atoms with van der Waals surface area (Å²) < 4.78 is 0. The van der Waals surface area contributed by atoms with Crippen molar-refractivity contribution in [3.8, 4) is 0 Å². The fourth-order valence-electron chi connectivity index (χ4n) is 1.72. The quantitative estimate of drug-likeness (QED) is 0.656. The maximum atomic E-state index is 11.5. The normalized spacial score (nSPS) is 10.8. The number of nitrogens with zero attached hydrogens (tertiary/aromatic N) is 1. The van der Waals surface area contributed by atoms with Crippen LogP contribution in [0.25, 0.3) is 0 Å². The van der Waals surface area contributed by atoms with Gasteiger partial charge < -0.3 is 4.98 Å². The SMILES string of the molecule is CCCc1cc(=O)[nH]c(SCc2ccc(Cl)c(Cl)c2)n1. The summed E-state index contributed by atoms with van der Waals surface area (Å²) in [6.07, 6.45) is 1.78. The van der Waals surface area contributed by atoms with E-state index >= 15 is 0 Å². The minimum atomic E-state index is -0.111. The Morgan fingerprint density at radius 2 is 2.05 bits per heavy atom. The fraction of sp³-hybridized carbons (Fsp3) is 0.286. The molecule has 0 aliphatic heterocycles. The summed E-state index contributed by atoms with van der Waals surface area (Å²) in [7, 11) is 0. The van der Waals surface area contributed by atoms with Crippen molar-refractivity contribution in [2.75, 3.05) is 0 Å². The van der Waals surface area contributed by atoms with Crippen LogP contribution in [0.3, 0.4) is 0 Å². The van der Waals surface area contributed by atoms with Crippen molar-refractivity contribution in [1.29, 1.82) is 0 Å². The molecule has 0 fully saturated rings. The van der Waals surface area contributed by atoms with E-state index in [1.807, 2.05) is 12.1 Å². The predicted molar refractivity (Wildman–Crippen MR) is 84.9 cm³/mol. The van der Waals surface area contributed by atoms with E-state index in [1.54, 1.807) is 12.1 Å². The van der Waals surface area contributed by atoms with Crippen LogP contribution in [0.4, 0.5) is 0 Å². The molecule has 0 unspecified atom stereocenters. The molecule has 20 heavy (non-hydrogen) atoms. The van der Waals surface area contributed by atoms with Gasteiger partial charge >= 0.3 is 0 Å². The molecule has 1 aromatic carbocycles. The third kappa shape index (κ3) is 4.27. The maximum absolute atomic E-state index is 11.5. The molecule has 0 bridgehead atoms. The van der Waals surface area contributed by atoms with Crippen molar-refractivity contribution in [1.82, 2.24) is 9.97 Å². The van der Waals surface area contributed by atoms with Gasteiger partial charge in [0.15, 0.2) is 5.16 Å². The third-order valence-corrected chi connectivity index (χ3v) is 4.32. The molecule has 1 heterocycles. The van der Waals surface area contributed by atoms with Crippen molar-refractivity contribution >= 4 is 35.0 Å². The molecule has 3 nitrogen and oxygen atoms in total. The number of aryl methyl sites for hydroxylation is 1. The first-order valence-corrected chi connectivity index (χ1v) is 7.99. The van der Waals surface area contributed by atoms with Gasteiger partial charge in [0.2, 0.25) is 0 Å². The lowest BCUT2D eigenvalue weighted by Gasteiger charge is -2.04. The predicted octanol–water partition coefficient (Wildman–Crippen LogP) is 4.32. The lowest BCUT2D eigenvalue weighted by molar-refractivity contribution is 0.816. The lowest BCUT2D eigenvalue weighted by Crippen LogP contribution is -2.09. The Hall–Kier alpha value is -0.970. The molecule has 0 atom stereocenters. The zero-order valence-corrected chi connectivity index (χ0v) is 13.3. The highest BCUT2D eigenvalue weighted by Crippen LogP contribution is 2.26. The van der Waals surface area contributed by atoms with Crippen LogP contribution in [-0.2, 0) is 12.2 Å². The van der Waals surface area contributed by atoms with Crippen LogP contribution in [0.15, 0.2) is 34.2 Å². The highest BCUT2D eigenvalue weighted by atomic mass is 35.5. The second-order valence-corrected chi connectivity index (χ2v) is 6.11. The first-order valence-electron chi connectivity index (χ1n) is 6.25. The molecule has 2 aromatic rings. The van der Waals surface area contributed by atoms with E-state index in [0.717, 1.165) is 24.1 Å². The van der Waals surface area contributed by atoms with E-state index in [9.17, 15) is 4.79 Å². The minimum absolute atomic E-state index is 0.111. The molecule has 1 aromatic heterocycles. The number of hydrogen-bond donors (Lipinski definition) is 1. The van der Waals surface area contributed by atoms with Crippen LogP contribution in [-0.4, -0.2) is 9.97 Å². The maximum Gasteiger partial charge on any atom is 0.251 e. The van der Waals surface area contributed by atoms with Gasteiger partial charge in [0, 0.05) is 17.5 Å². The zero-order valence-electron chi connectivity index (χ0n) is 11.0. The molecule has 0 amide bonds. The zero-order chi connectivity index (χ0) is 14.5. The average molecular weight is 329 g/mol. The Balaban J connectivity index is 2.10. The van der Waals surface area contributed by atoms with Gasteiger partial charge in [-0.2, -0.15) is 0 Å². The van der Waals surface area contributed by atoms with Crippen molar-refractivity contribution < 1.29 is 0 Å². The van der Waals surface area contributed by atoms with Crippen LogP contribution in [0.5, 0.6) is 0 Å². The second kappa shape index (κ2) is 7.16. The number of hydrogen-bond acceptors (Lipinski definition) is 3. The van der Waals surface area contributed by atoms with E-state index in [1.165, 1.54) is 11.8 Å². The summed E-state index contributed by atoms with van der Waals surface area (Å²) in [5, 5.41) is 1.70. The fourth-order valence-corrected chi connectivity index (χ4v) is 2.88. The van der Waals surface area contributed by atoms with Gasteiger partial charge in [-0.1, -0.05) is 54.4 Å². The van der Waals surface area contributed by atoms with Gasteiger partial charge in [0.05, 0.1) is 10.0 Å². The van der Waals surface area contributed by atoms with Crippen molar-refractivity contribution in [3.63, 3.8) is 0 Å². The second-order valence-electron chi connectivity index (χ2n) is 4.33. The van der Waals surface area contributed by atoms with Crippen LogP contribution < -0.4 is 5.56 Å². The number of aromatic nitrogens is 2. The molecule has 0 spiro atoms. The van der Waals surface area contributed by atoms with Crippen molar-refractivity contribution in [2.24, 2.45) is 0 Å². The number of rotatable bonds is 5. The minimum Gasteiger partial charge on any atom is -0.301 e. The van der Waals surface area contributed by atoms with Crippen LogP contribution in [0.2, 0.25) is 10.0 Å². The van der Waals surface area contributed by atoms with Gasteiger partial charge in [-0.25, -0.2) is 4.98 Å². The molecule has 0 saturated carbocycles. The number of nitrogens with one attached hydrogen (secondary N) is 1.